The van der Waals surface area contributed by atoms with Gasteiger partial charge >= 0.3 is 5.97 Å². The number of likely N-dealkylation sites (tertiary alicyclic amines) is 1. The zero-order valence-electron chi connectivity index (χ0n) is 13.9. The van der Waals surface area contributed by atoms with Crippen LogP contribution in [0.2, 0.25) is 5.02 Å². The summed E-state index contributed by atoms with van der Waals surface area (Å²) in [7, 11) is 0. The highest BCUT2D eigenvalue weighted by Gasteiger charge is 2.30. The lowest BCUT2D eigenvalue weighted by Crippen LogP contribution is -2.38. The second-order valence-electron chi connectivity index (χ2n) is 6.04. The smallest absolute Gasteiger partial charge is 0.320 e. The Bertz CT molecular complexity index is 738. The Balaban J connectivity index is 1.67. The van der Waals surface area contributed by atoms with Gasteiger partial charge in [0.25, 0.3) is 0 Å². The van der Waals surface area contributed by atoms with Crippen molar-refractivity contribution in [3.8, 4) is 5.75 Å². The van der Waals surface area contributed by atoms with Gasteiger partial charge in [-0.25, -0.2) is 0 Å². The minimum Gasteiger partial charge on any atom is -0.488 e. The van der Waals surface area contributed by atoms with Gasteiger partial charge in [-0.3, -0.25) is 9.69 Å². The van der Waals surface area contributed by atoms with Crippen molar-refractivity contribution in [2.45, 2.75) is 35.3 Å². The summed E-state index contributed by atoms with van der Waals surface area (Å²) in [6.07, 6.45) is 0.839. The molecule has 0 radical (unpaired) electrons. The van der Waals surface area contributed by atoms with Gasteiger partial charge in [-0.05, 0) is 49.7 Å². The van der Waals surface area contributed by atoms with Crippen LogP contribution in [0.25, 0.3) is 0 Å². The molecule has 0 aliphatic carbocycles. The van der Waals surface area contributed by atoms with E-state index in [9.17, 15) is 4.79 Å². The van der Waals surface area contributed by atoms with Crippen molar-refractivity contribution in [3.05, 3.63) is 53.6 Å². The zero-order valence-corrected chi connectivity index (χ0v) is 15.5. The number of halogens is 1. The molecule has 0 spiro atoms. The molecule has 1 aliphatic heterocycles. The number of hydrogen-bond acceptors (Lipinski definition) is 4. The van der Waals surface area contributed by atoms with Crippen molar-refractivity contribution in [1.82, 2.24) is 4.90 Å². The summed E-state index contributed by atoms with van der Waals surface area (Å²) in [6.45, 7) is 3.09. The molecule has 3 rings (SSSR count). The van der Waals surface area contributed by atoms with Gasteiger partial charge in [0.15, 0.2) is 0 Å². The molecular formula is C19H20ClNO3S. The van der Waals surface area contributed by atoms with E-state index in [1.54, 1.807) is 18.7 Å². The SMILES string of the molecule is CC(C(=O)O)N1CC[C@@H](Oc2ccccc2Sc2ccc(Cl)cc2)C1. The number of ether oxygens (including phenoxy) is 1. The summed E-state index contributed by atoms with van der Waals surface area (Å²) in [5.74, 6) is 0.0385. The number of para-hydroxylation sites is 1. The summed E-state index contributed by atoms with van der Waals surface area (Å²) in [5, 5.41) is 9.87. The lowest BCUT2D eigenvalue weighted by atomic mass is 10.3. The Kier molecular flexibility index (Phi) is 5.89. The quantitative estimate of drug-likeness (QED) is 0.807. The summed E-state index contributed by atoms with van der Waals surface area (Å²) in [4.78, 5) is 15.2. The highest BCUT2D eigenvalue weighted by Crippen LogP contribution is 2.36. The maximum absolute atomic E-state index is 11.1. The van der Waals surface area contributed by atoms with E-state index in [0.717, 1.165) is 28.5 Å². The van der Waals surface area contributed by atoms with Crippen LogP contribution in [0.15, 0.2) is 58.3 Å². The Hall–Kier alpha value is -1.69. The van der Waals surface area contributed by atoms with E-state index < -0.39 is 12.0 Å². The van der Waals surface area contributed by atoms with Crippen LogP contribution in [0.5, 0.6) is 5.75 Å². The van der Waals surface area contributed by atoms with Gasteiger partial charge in [-0.2, -0.15) is 0 Å². The highest BCUT2D eigenvalue weighted by atomic mass is 35.5. The number of carboxylic acid groups (broad SMARTS) is 1. The Morgan fingerprint density at radius 1 is 1.28 bits per heavy atom. The monoisotopic (exact) mass is 377 g/mol. The van der Waals surface area contributed by atoms with Gasteiger partial charge in [-0.1, -0.05) is 35.5 Å². The van der Waals surface area contributed by atoms with E-state index in [2.05, 4.69) is 0 Å². The molecule has 6 heteroatoms. The first-order chi connectivity index (χ1) is 12.0. The first kappa shape index (κ1) is 18.1. The van der Waals surface area contributed by atoms with Crippen LogP contribution in [-0.4, -0.2) is 41.2 Å². The molecule has 0 saturated carbocycles. The van der Waals surface area contributed by atoms with Gasteiger partial charge < -0.3 is 9.84 Å². The van der Waals surface area contributed by atoms with E-state index in [1.807, 2.05) is 53.4 Å². The molecule has 0 amide bonds. The number of benzene rings is 2. The van der Waals surface area contributed by atoms with Crippen LogP contribution in [0.3, 0.4) is 0 Å². The normalized spacial score (nSPS) is 18.9. The van der Waals surface area contributed by atoms with Gasteiger partial charge in [0, 0.05) is 23.0 Å². The molecule has 1 aliphatic rings. The standard InChI is InChI=1S/C19H20ClNO3S/c1-13(19(22)23)21-11-10-15(12-21)24-17-4-2-3-5-18(17)25-16-8-6-14(20)7-9-16/h2-9,13,15H,10-12H2,1H3,(H,22,23)/t13?,15-/m1/s1. The first-order valence-electron chi connectivity index (χ1n) is 8.19. The fourth-order valence-corrected chi connectivity index (χ4v) is 3.81. The number of carboxylic acids is 1. The topological polar surface area (TPSA) is 49.8 Å². The van der Waals surface area contributed by atoms with Crippen molar-refractivity contribution in [2.75, 3.05) is 13.1 Å². The Morgan fingerprint density at radius 2 is 2.00 bits per heavy atom. The highest BCUT2D eigenvalue weighted by molar-refractivity contribution is 7.99. The first-order valence-corrected chi connectivity index (χ1v) is 9.38. The van der Waals surface area contributed by atoms with Crippen LogP contribution in [0.4, 0.5) is 0 Å². The van der Waals surface area contributed by atoms with Crippen molar-refractivity contribution >= 4 is 29.3 Å². The summed E-state index contributed by atoms with van der Waals surface area (Å²) < 4.78 is 6.18. The fourth-order valence-electron chi connectivity index (χ4n) is 2.80. The molecule has 0 aromatic heterocycles. The third-order valence-corrected chi connectivity index (χ3v) is 5.58. The lowest BCUT2D eigenvalue weighted by molar-refractivity contribution is -0.142. The van der Waals surface area contributed by atoms with Crippen LogP contribution in [-0.2, 0) is 4.79 Å². The third-order valence-electron chi connectivity index (χ3n) is 4.27. The van der Waals surface area contributed by atoms with Gasteiger partial charge in [-0.15, -0.1) is 0 Å². The zero-order chi connectivity index (χ0) is 17.8. The molecule has 1 N–H and O–H groups in total. The Labute approximate surface area is 156 Å². The van der Waals surface area contributed by atoms with Crippen molar-refractivity contribution in [1.29, 1.82) is 0 Å². The minimum atomic E-state index is -0.792. The summed E-state index contributed by atoms with van der Waals surface area (Å²) >= 11 is 7.57. The second-order valence-corrected chi connectivity index (χ2v) is 7.59. The average Bonchev–Trinajstić information content (AvgIpc) is 3.06. The van der Waals surface area contributed by atoms with E-state index in [4.69, 9.17) is 21.4 Å². The molecule has 1 fully saturated rings. The van der Waals surface area contributed by atoms with E-state index in [1.165, 1.54) is 0 Å². The van der Waals surface area contributed by atoms with Gasteiger partial charge in [0.05, 0.1) is 4.90 Å². The van der Waals surface area contributed by atoms with Crippen molar-refractivity contribution < 1.29 is 14.6 Å². The van der Waals surface area contributed by atoms with Crippen LogP contribution >= 0.6 is 23.4 Å². The average molecular weight is 378 g/mol. The number of carbonyl (C=O) groups is 1. The number of hydrogen-bond donors (Lipinski definition) is 1. The third kappa shape index (κ3) is 4.69. The predicted molar refractivity (Wildman–Crippen MR) is 99.7 cm³/mol. The van der Waals surface area contributed by atoms with Crippen LogP contribution < -0.4 is 4.74 Å². The van der Waals surface area contributed by atoms with Crippen LogP contribution in [0, 0.1) is 0 Å². The Morgan fingerprint density at radius 3 is 2.72 bits per heavy atom. The molecule has 2 atom stereocenters. The van der Waals surface area contributed by atoms with Gasteiger partial charge in [0.2, 0.25) is 0 Å². The molecule has 1 heterocycles. The molecule has 25 heavy (non-hydrogen) atoms. The number of aliphatic carboxylic acids is 1. The molecule has 1 saturated heterocycles. The van der Waals surface area contributed by atoms with E-state index >= 15 is 0 Å². The van der Waals surface area contributed by atoms with Gasteiger partial charge in [0.1, 0.15) is 17.9 Å². The van der Waals surface area contributed by atoms with Crippen molar-refractivity contribution in [3.63, 3.8) is 0 Å². The number of rotatable bonds is 6. The maximum Gasteiger partial charge on any atom is 0.320 e. The van der Waals surface area contributed by atoms with Crippen LogP contribution in [0.1, 0.15) is 13.3 Å². The minimum absolute atomic E-state index is 0.00812. The maximum atomic E-state index is 11.1. The molecular weight excluding hydrogens is 358 g/mol. The molecule has 1 unspecified atom stereocenters. The molecule has 132 valence electrons. The molecule has 0 bridgehead atoms. The molecule has 2 aromatic rings. The predicted octanol–water partition coefficient (Wildman–Crippen LogP) is 4.42. The fraction of sp³-hybridized carbons (Fsp3) is 0.316. The molecule has 4 nitrogen and oxygen atoms in total. The number of nitrogens with zero attached hydrogens (tertiary/aromatic N) is 1. The van der Waals surface area contributed by atoms with E-state index in [0.29, 0.717) is 11.6 Å². The second kappa shape index (κ2) is 8.13. The molecule has 2 aromatic carbocycles. The van der Waals surface area contributed by atoms with Crippen molar-refractivity contribution in [2.24, 2.45) is 0 Å². The largest absolute Gasteiger partial charge is 0.488 e. The summed E-state index contributed by atoms with van der Waals surface area (Å²) in [5.41, 5.74) is 0. The lowest BCUT2D eigenvalue weighted by Gasteiger charge is -2.21. The summed E-state index contributed by atoms with van der Waals surface area (Å²) in [6, 6.07) is 15.2. The van der Waals surface area contributed by atoms with E-state index in [-0.39, 0.29) is 6.10 Å².